The van der Waals surface area contributed by atoms with Crippen LogP contribution in [0.25, 0.3) is 0 Å². The van der Waals surface area contributed by atoms with Gasteiger partial charge in [-0.3, -0.25) is 4.99 Å². The van der Waals surface area contributed by atoms with E-state index in [9.17, 15) is 8.42 Å². The molecule has 9 heteroatoms. The Morgan fingerprint density at radius 1 is 1.33 bits per heavy atom. The maximum Gasteiger partial charge on any atom is 0.220 e. The summed E-state index contributed by atoms with van der Waals surface area (Å²) in [5, 5.41) is 7.29. The Balaban J connectivity index is 1.29. The van der Waals surface area contributed by atoms with Crippen LogP contribution in [0.15, 0.2) is 21.8 Å². The molecule has 1 aromatic rings. The lowest BCUT2D eigenvalue weighted by Crippen LogP contribution is -2.55. The van der Waals surface area contributed by atoms with Crippen molar-refractivity contribution >= 4 is 16.0 Å². The van der Waals surface area contributed by atoms with Crippen molar-refractivity contribution in [2.24, 2.45) is 16.3 Å². The van der Waals surface area contributed by atoms with Crippen LogP contribution in [0.1, 0.15) is 37.8 Å². The molecule has 2 heterocycles. The molecule has 2 saturated carbocycles. The molecule has 3 aliphatic rings. The van der Waals surface area contributed by atoms with Crippen molar-refractivity contribution in [3.63, 3.8) is 0 Å². The minimum Gasteiger partial charge on any atom is -0.364 e. The van der Waals surface area contributed by atoms with Gasteiger partial charge in [0.15, 0.2) is 5.96 Å². The number of nitrogens with one attached hydrogen (secondary N) is 1. The second-order valence-corrected chi connectivity index (χ2v) is 9.99. The van der Waals surface area contributed by atoms with Crippen LogP contribution in [-0.2, 0) is 15.8 Å². The third-order valence-electron chi connectivity index (χ3n) is 6.36. The molecule has 2 aliphatic carbocycles. The van der Waals surface area contributed by atoms with E-state index in [2.05, 4.69) is 20.4 Å². The highest BCUT2D eigenvalue weighted by Gasteiger charge is 2.49. The average molecular weight is 396 g/mol. The van der Waals surface area contributed by atoms with Gasteiger partial charge >= 0.3 is 0 Å². The molecule has 1 N–H and O–H groups in total. The number of hydrogen-bond donors (Lipinski definition) is 1. The predicted molar refractivity (Wildman–Crippen MR) is 103 cm³/mol. The molecule has 0 atom stereocenters. The maximum absolute atomic E-state index is 12.6. The first kappa shape index (κ1) is 18.7. The van der Waals surface area contributed by atoms with Gasteiger partial charge in [-0.05, 0) is 37.0 Å². The molecule has 1 aromatic heterocycles. The Labute approximate surface area is 161 Å². The molecule has 0 spiro atoms. The van der Waals surface area contributed by atoms with Crippen LogP contribution in [0.2, 0.25) is 0 Å². The smallest absolute Gasteiger partial charge is 0.220 e. The van der Waals surface area contributed by atoms with Gasteiger partial charge in [0.1, 0.15) is 12.0 Å². The van der Waals surface area contributed by atoms with Crippen molar-refractivity contribution in [2.45, 2.75) is 37.9 Å². The molecule has 0 aromatic carbocycles. The van der Waals surface area contributed by atoms with E-state index in [0.29, 0.717) is 37.3 Å². The van der Waals surface area contributed by atoms with Gasteiger partial charge in [-0.15, -0.1) is 0 Å². The fraction of sp³-hybridized carbons (Fsp3) is 0.778. The highest BCUT2D eigenvalue weighted by molar-refractivity contribution is 7.88. The van der Waals surface area contributed by atoms with Crippen LogP contribution in [-0.4, -0.2) is 68.5 Å². The number of nitrogens with zero attached hydrogens (tertiary/aromatic N) is 4. The lowest BCUT2D eigenvalue weighted by Gasteiger charge is -2.44. The third kappa shape index (κ3) is 3.99. The molecule has 1 aliphatic heterocycles. The number of guanidine groups is 1. The second-order valence-electron chi connectivity index (χ2n) is 8.02. The number of piperazine rings is 1. The van der Waals surface area contributed by atoms with E-state index >= 15 is 0 Å². The highest BCUT2D eigenvalue weighted by atomic mass is 32.2. The van der Waals surface area contributed by atoms with E-state index in [1.165, 1.54) is 38.4 Å². The lowest BCUT2D eigenvalue weighted by molar-refractivity contribution is 0.104. The maximum atomic E-state index is 12.6. The van der Waals surface area contributed by atoms with Crippen molar-refractivity contribution in [2.75, 3.05) is 39.8 Å². The first-order valence-electron chi connectivity index (χ1n) is 9.85. The van der Waals surface area contributed by atoms with Gasteiger partial charge in [-0.25, -0.2) is 8.42 Å². The summed E-state index contributed by atoms with van der Waals surface area (Å²) in [4.78, 5) is 6.61. The molecule has 150 valence electrons. The molecule has 4 rings (SSSR count). The molecule has 1 saturated heterocycles. The van der Waals surface area contributed by atoms with Crippen molar-refractivity contribution in [1.29, 1.82) is 0 Å². The zero-order chi connectivity index (χ0) is 18.9. The number of aliphatic imine (C=N–C) groups is 1. The molecule has 0 unspecified atom stereocenters. The minimum atomic E-state index is -3.37. The quantitative estimate of drug-likeness (QED) is 0.576. The van der Waals surface area contributed by atoms with Gasteiger partial charge in [0.05, 0.1) is 5.69 Å². The van der Waals surface area contributed by atoms with Crippen LogP contribution < -0.4 is 5.32 Å². The van der Waals surface area contributed by atoms with E-state index in [-0.39, 0.29) is 5.75 Å². The lowest BCUT2D eigenvalue weighted by atomic mass is 9.65. The summed E-state index contributed by atoms with van der Waals surface area (Å²) in [6.07, 6.45) is 8.16. The molecule has 8 nitrogen and oxygen atoms in total. The Morgan fingerprint density at radius 2 is 2.07 bits per heavy atom. The standard InChI is InChI=1S/C18H29N5O3S/c1-19-17(20-14-18(6-2-7-18)15-3-4-15)22-8-10-23(11-9-22)27(24,25)13-16-5-12-26-21-16/h5,12,15H,2-4,6-11,13-14H2,1H3,(H,19,20). The Kier molecular flexibility index (Phi) is 5.15. The van der Waals surface area contributed by atoms with Crippen LogP contribution in [0, 0.1) is 11.3 Å². The van der Waals surface area contributed by atoms with E-state index in [4.69, 9.17) is 4.52 Å². The van der Waals surface area contributed by atoms with Gasteiger partial charge in [-0.1, -0.05) is 11.6 Å². The van der Waals surface area contributed by atoms with Crippen LogP contribution in [0.4, 0.5) is 0 Å². The molecule has 0 amide bonds. The van der Waals surface area contributed by atoms with Crippen molar-refractivity contribution in [3.05, 3.63) is 18.0 Å². The van der Waals surface area contributed by atoms with Crippen LogP contribution in [0.5, 0.6) is 0 Å². The van der Waals surface area contributed by atoms with Gasteiger partial charge in [-0.2, -0.15) is 4.31 Å². The number of sulfonamides is 1. The number of hydrogen-bond acceptors (Lipinski definition) is 5. The predicted octanol–water partition coefficient (Wildman–Crippen LogP) is 1.28. The second kappa shape index (κ2) is 7.43. The van der Waals surface area contributed by atoms with Gasteiger partial charge in [0.25, 0.3) is 0 Å². The van der Waals surface area contributed by atoms with E-state index in [1.807, 2.05) is 0 Å². The molecule has 0 bridgehead atoms. The minimum absolute atomic E-state index is 0.111. The van der Waals surface area contributed by atoms with Crippen molar-refractivity contribution in [1.82, 2.24) is 19.7 Å². The average Bonchev–Trinajstić information content (AvgIpc) is 3.35. The summed E-state index contributed by atoms with van der Waals surface area (Å²) in [5.74, 6) is 1.69. The normalized spacial score (nSPS) is 23.9. The number of rotatable bonds is 6. The molecule has 27 heavy (non-hydrogen) atoms. The summed E-state index contributed by atoms with van der Waals surface area (Å²) < 4.78 is 31.4. The van der Waals surface area contributed by atoms with Gasteiger partial charge in [0.2, 0.25) is 10.0 Å². The summed E-state index contributed by atoms with van der Waals surface area (Å²) in [6, 6.07) is 1.59. The SMILES string of the molecule is CN=C(NCC1(C2CC2)CCC1)N1CCN(S(=O)(=O)Cc2ccon2)CC1. The summed E-state index contributed by atoms with van der Waals surface area (Å²) in [6.45, 7) is 3.22. The first-order valence-corrected chi connectivity index (χ1v) is 11.5. The largest absolute Gasteiger partial charge is 0.364 e. The zero-order valence-electron chi connectivity index (χ0n) is 15.9. The monoisotopic (exact) mass is 395 g/mol. The third-order valence-corrected chi connectivity index (χ3v) is 8.17. The van der Waals surface area contributed by atoms with Gasteiger partial charge in [0, 0.05) is 45.8 Å². The Hall–Kier alpha value is -1.61. The van der Waals surface area contributed by atoms with Crippen molar-refractivity contribution < 1.29 is 12.9 Å². The molecule has 0 radical (unpaired) electrons. The van der Waals surface area contributed by atoms with Gasteiger partial charge < -0.3 is 14.7 Å². The molecular weight excluding hydrogens is 366 g/mol. The van der Waals surface area contributed by atoms with Crippen LogP contribution >= 0.6 is 0 Å². The Morgan fingerprint density at radius 3 is 2.59 bits per heavy atom. The topological polar surface area (TPSA) is 91.0 Å². The fourth-order valence-corrected chi connectivity index (χ4v) is 5.84. The summed E-state index contributed by atoms with van der Waals surface area (Å²) in [5.41, 5.74) is 0.930. The summed E-state index contributed by atoms with van der Waals surface area (Å²) >= 11 is 0. The van der Waals surface area contributed by atoms with E-state index in [0.717, 1.165) is 18.4 Å². The van der Waals surface area contributed by atoms with E-state index in [1.54, 1.807) is 17.4 Å². The first-order chi connectivity index (χ1) is 13.0. The molecule has 3 fully saturated rings. The zero-order valence-corrected chi connectivity index (χ0v) is 16.7. The van der Waals surface area contributed by atoms with Crippen LogP contribution in [0.3, 0.4) is 0 Å². The fourth-order valence-electron chi connectivity index (χ4n) is 4.41. The molecular formula is C18H29N5O3S. The highest BCUT2D eigenvalue weighted by Crippen LogP contribution is 2.56. The number of aromatic nitrogens is 1. The van der Waals surface area contributed by atoms with E-state index < -0.39 is 10.0 Å². The summed E-state index contributed by atoms with van der Waals surface area (Å²) in [7, 11) is -1.57. The Bertz CT molecular complexity index is 761. The van der Waals surface area contributed by atoms with Crippen molar-refractivity contribution in [3.8, 4) is 0 Å².